The zero-order valence-corrected chi connectivity index (χ0v) is 38.8. The average molecular weight is 929 g/mol. The number of allylic oxidation sites excluding steroid dienone is 4. The summed E-state index contributed by atoms with van der Waals surface area (Å²) in [5.74, 6) is -1.13. The number of ether oxygens (including phenoxy) is 2. The Morgan fingerprint density at radius 3 is 1.56 bits per heavy atom. The van der Waals surface area contributed by atoms with E-state index in [1.807, 2.05) is 12.2 Å². The smallest absolute Gasteiger partial charge is 0.462 e. The van der Waals surface area contributed by atoms with Gasteiger partial charge in [0.2, 0.25) is 0 Å². The summed E-state index contributed by atoms with van der Waals surface area (Å²) in [6, 6.07) is 0. The molecule has 8 atom stereocenters. The molecular formula is C43H78O17P2. The van der Waals surface area contributed by atoms with Gasteiger partial charge in [-0.05, 0) is 38.2 Å². The highest BCUT2D eigenvalue weighted by atomic mass is 31.2. The molecule has 7 N–H and O–H groups in total. The predicted octanol–water partition coefficient (Wildman–Crippen LogP) is 7.35. The van der Waals surface area contributed by atoms with Crippen LogP contribution in [0.15, 0.2) is 24.3 Å². The van der Waals surface area contributed by atoms with E-state index < -0.39 is 83.5 Å². The molecule has 362 valence electrons. The van der Waals surface area contributed by atoms with Gasteiger partial charge in [0.1, 0.15) is 43.2 Å². The number of hydrogen-bond acceptors (Lipinski definition) is 14. The van der Waals surface area contributed by atoms with E-state index in [0.717, 1.165) is 77.0 Å². The second kappa shape index (κ2) is 34.5. The third-order valence-corrected chi connectivity index (χ3v) is 12.0. The Bertz CT molecular complexity index is 1370. The molecule has 19 heteroatoms. The second-order valence-corrected chi connectivity index (χ2v) is 18.8. The molecular weight excluding hydrogens is 850 g/mol. The highest BCUT2D eigenvalue weighted by Gasteiger charge is 2.54. The molecule has 0 aromatic heterocycles. The Morgan fingerprint density at radius 2 is 1.02 bits per heavy atom. The molecule has 0 aromatic rings. The molecule has 0 spiro atoms. The highest BCUT2D eigenvalue weighted by molar-refractivity contribution is 7.47. The van der Waals surface area contributed by atoms with Crippen LogP contribution in [-0.4, -0.2) is 109 Å². The first kappa shape index (κ1) is 58.2. The lowest BCUT2D eigenvalue weighted by molar-refractivity contribution is -0.216. The van der Waals surface area contributed by atoms with Crippen molar-refractivity contribution in [3.8, 4) is 0 Å². The van der Waals surface area contributed by atoms with Crippen LogP contribution < -0.4 is 0 Å². The average Bonchev–Trinajstić information content (AvgIpc) is 3.22. The molecule has 0 aliphatic heterocycles. The number of hydrogen-bond donors (Lipinski definition) is 7. The summed E-state index contributed by atoms with van der Waals surface area (Å²) >= 11 is 0. The van der Waals surface area contributed by atoms with Gasteiger partial charge >= 0.3 is 27.6 Å². The summed E-state index contributed by atoms with van der Waals surface area (Å²) in [5, 5.41) is 41.2. The normalized spacial score (nSPS) is 22.2. The van der Waals surface area contributed by atoms with E-state index in [0.29, 0.717) is 19.3 Å². The van der Waals surface area contributed by atoms with Gasteiger partial charge in [0.05, 0.1) is 6.61 Å². The Kier molecular flexibility index (Phi) is 32.4. The summed E-state index contributed by atoms with van der Waals surface area (Å²) in [4.78, 5) is 65.9. The number of carbonyl (C=O) groups excluding carboxylic acids is 3. The molecule has 0 aromatic carbocycles. The number of esters is 2. The molecule has 17 nitrogen and oxygen atoms in total. The second-order valence-electron chi connectivity index (χ2n) is 16.2. The lowest BCUT2D eigenvalue weighted by Gasteiger charge is -2.43. The minimum Gasteiger partial charge on any atom is -0.462 e. The van der Waals surface area contributed by atoms with Gasteiger partial charge < -0.3 is 44.6 Å². The van der Waals surface area contributed by atoms with Gasteiger partial charge in [0, 0.05) is 19.3 Å². The van der Waals surface area contributed by atoms with Crippen molar-refractivity contribution in [3.63, 3.8) is 0 Å². The fourth-order valence-electron chi connectivity index (χ4n) is 6.89. The van der Waals surface area contributed by atoms with E-state index in [4.69, 9.17) is 28.3 Å². The first-order valence-electron chi connectivity index (χ1n) is 22.8. The van der Waals surface area contributed by atoms with E-state index in [1.54, 1.807) is 12.2 Å². The molecule has 1 fully saturated rings. The number of aliphatic hydroxyl groups excluding tert-OH is 4. The van der Waals surface area contributed by atoms with Crippen LogP contribution in [0.2, 0.25) is 0 Å². The Morgan fingerprint density at radius 1 is 0.548 bits per heavy atom. The number of carbonyl (C=O) groups is 3. The number of phosphoric acid groups is 2. The number of unbranched alkanes of at least 4 members (excludes halogenated alkanes) is 19. The minimum atomic E-state index is -5.37. The lowest BCUT2D eigenvalue weighted by Crippen LogP contribution is -2.64. The SMILES string of the molecule is CCCCCCCCCCCCCCCC(=O)O[C@H](COC(=O)CCCCCCC/C=C\C=C\C(=O)CCCCC)COP(=O)(O)O[C@H]1C(O)C(O)C(O)[C@@H](OP(=O)(O)O)C1O. The summed E-state index contributed by atoms with van der Waals surface area (Å²) in [6.07, 6.45) is 15.5. The molecule has 0 heterocycles. The monoisotopic (exact) mass is 928 g/mol. The van der Waals surface area contributed by atoms with Gasteiger partial charge in [-0.2, -0.15) is 0 Å². The number of aliphatic hydroxyl groups is 4. The predicted molar refractivity (Wildman–Crippen MR) is 232 cm³/mol. The van der Waals surface area contributed by atoms with Crippen molar-refractivity contribution in [1.82, 2.24) is 0 Å². The van der Waals surface area contributed by atoms with Gasteiger partial charge in [0.25, 0.3) is 0 Å². The Balaban J connectivity index is 2.63. The maximum Gasteiger partial charge on any atom is 0.472 e. The minimum absolute atomic E-state index is 0.0302. The van der Waals surface area contributed by atoms with Crippen molar-refractivity contribution in [2.75, 3.05) is 13.2 Å². The van der Waals surface area contributed by atoms with Crippen LogP contribution in [0.3, 0.4) is 0 Å². The quantitative estimate of drug-likeness (QED) is 0.0105. The van der Waals surface area contributed by atoms with Crippen molar-refractivity contribution >= 4 is 33.4 Å². The van der Waals surface area contributed by atoms with Crippen molar-refractivity contribution in [2.24, 2.45) is 0 Å². The standard InChI is InChI=1S/C43H78O17P2/c1-3-5-7-8-9-10-11-12-13-16-20-23-27-31-37(46)58-35(32-56-36(45)30-26-22-19-17-14-15-18-21-25-29-34(44)28-24-6-4-2)33-57-62(54,55)60-43-40(49)38(47)39(48)42(41(43)50)59-61(51,52)53/h18,21,25,29,35,38-43,47-50H,3-17,19-20,22-24,26-28,30-33H2,1-2H3,(H,54,55)(H2,51,52,53)/b21-18-,29-25+/t35-,38?,39?,40?,41?,42-,43+/m1/s1. The van der Waals surface area contributed by atoms with Gasteiger partial charge in [-0.3, -0.25) is 28.0 Å². The first-order chi connectivity index (χ1) is 29.5. The van der Waals surface area contributed by atoms with Gasteiger partial charge in [-0.15, -0.1) is 0 Å². The van der Waals surface area contributed by atoms with Crippen LogP contribution in [0.4, 0.5) is 0 Å². The molecule has 1 rings (SSSR count). The number of phosphoric ester groups is 2. The molecule has 0 radical (unpaired) electrons. The zero-order valence-electron chi connectivity index (χ0n) is 37.1. The van der Waals surface area contributed by atoms with E-state index in [9.17, 15) is 48.8 Å². The van der Waals surface area contributed by atoms with Crippen LogP contribution in [0.5, 0.6) is 0 Å². The summed E-state index contributed by atoms with van der Waals surface area (Å²) in [5.41, 5.74) is 0. The van der Waals surface area contributed by atoms with Crippen molar-refractivity contribution in [1.29, 1.82) is 0 Å². The van der Waals surface area contributed by atoms with Gasteiger partial charge in [0.15, 0.2) is 11.9 Å². The molecule has 0 bridgehead atoms. The van der Waals surface area contributed by atoms with E-state index >= 15 is 0 Å². The van der Waals surface area contributed by atoms with E-state index in [2.05, 4.69) is 18.4 Å². The first-order valence-corrected chi connectivity index (χ1v) is 25.9. The lowest BCUT2D eigenvalue weighted by atomic mass is 9.85. The molecule has 1 aliphatic carbocycles. The maximum absolute atomic E-state index is 13.0. The van der Waals surface area contributed by atoms with Crippen LogP contribution >= 0.6 is 15.6 Å². The van der Waals surface area contributed by atoms with Crippen LogP contribution in [0.25, 0.3) is 0 Å². The molecule has 5 unspecified atom stereocenters. The summed E-state index contributed by atoms with van der Waals surface area (Å²) in [7, 11) is -10.7. The van der Waals surface area contributed by atoms with Crippen LogP contribution in [0.1, 0.15) is 174 Å². The fourth-order valence-corrected chi connectivity index (χ4v) is 8.43. The Hall–Kier alpha value is -1.85. The van der Waals surface area contributed by atoms with Crippen LogP contribution in [-0.2, 0) is 46.6 Å². The third-order valence-electron chi connectivity index (χ3n) is 10.5. The van der Waals surface area contributed by atoms with Crippen molar-refractivity contribution in [2.45, 2.75) is 217 Å². The fraction of sp³-hybridized carbons (Fsp3) is 0.837. The zero-order chi connectivity index (χ0) is 46.2. The summed E-state index contributed by atoms with van der Waals surface area (Å²) < 4.78 is 49.2. The van der Waals surface area contributed by atoms with Crippen molar-refractivity contribution < 1.29 is 81.7 Å². The summed E-state index contributed by atoms with van der Waals surface area (Å²) in [6.45, 7) is 2.92. The largest absolute Gasteiger partial charge is 0.472 e. The topological polar surface area (TPSA) is 273 Å². The number of ketones is 1. The third kappa shape index (κ3) is 28.8. The van der Waals surface area contributed by atoms with E-state index in [1.165, 1.54) is 51.4 Å². The molecule has 1 aliphatic rings. The highest BCUT2D eigenvalue weighted by Crippen LogP contribution is 2.49. The van der Waals surface area contributed by atoms with Crippen molar-refractivity contribution in [3.05, 3.63) is 24.3 Å². The van der Waals surface area contributed by atoms with Crippen LogP contribution in [0, 0.1) is 0 Å². The molecule has 0 amide bonds. The molecule has 0 saturated heterocycles. The Labute approximate surface area is 368 Å². The van der Waals surface area contributed by atoms with Gasteiger partial charge in [-0.25, -0.2) is 9.13 Å². The van der Waals surface area contributed by atoms with Gasteiger partial charge in [-0.1, -0.05) is 141 Å². The molecule has 62 heavy (non-hydrogen) atoms. The van der Waals surface area contributed by atoms with E-state index in [-0.39, 0.29) is 18.6 Å². The maximum atomic E-state index is 13.0. The molecule has 1 saturated carbocycles. The number of rotatable bonds is 38.